The lowest BCUT2D eigenvalue weighted by Gasteiger charge is -2.08. The van der Waals surface area contributed by atoms with Crippen molar-refractivity contribution < 1.29 is 18.3 Å². The van der Waals surface area contributed by atoms with Gasteiger partial charge in [-0.1, -0.05) is 11.6 Å². The molecule has 1 aromatic carbocycles. The predicted octanol–water partition coefficient (Wildman–Crippen LogP) is 3.33. The Kier molecular flexibility index (Phi) is 4.87. The summed E-state index contributed by atoms with van der Waals surface area (Å²) in [5.41, 5.74) is 2.62. The number of rotatable bonds is 4. The van der Waals surface area contributed by atoms with Crippen LogP contribution in [0.2, 0.25) is 5.02 Å². The van der Waals surface area contributed by atoms with Crippen LogP contribution >= 0.6 is 27.5 Å². The second-order valence-electron chi connectivity index (χ2n) is 4.15. The fourth-order valence-electron chi connectivity index (χ4n) is 1.62. The van der Waals surface area contributed by atoms with Gasteiger partial charge in [-0.05, 0) is 35.0 Å². The zero-order valence-electron chi connectivity index (χ0n) is 10.9. The Hall–Kier alpha value is -1.57. The largest absolute Gasteiger partial charge is 0.487 e. The summed E-state index contributed by atoms with van der Waals surface area (Å²) in [4.78, 5) is 11.3. The molecule has 1 heterocycles. The first-order valence-electron chi connectivity index (χ1n) is 5.80. The smallest absolute Gasteiger partial charge is 0.300 e. The molecule has 0 aliphatic rings. The van der Waals surface area contributed by atoms with Crippen molar-refractivity contribution in [1.82, 2.24) is 5.43 Å². The van der Waals surface area contributed by atoms with E-state index in [1.165, 1.54) is 18.2 Å². The molecule has 0 saturated heterocycles. The second-order valence-corrected chi connectivity index (χ2v) is 5.41. The van der Waals surface area contributed by atoms with E-state index in [4.69, 9.17) is 26.6 Å². The molecule has 0 fully saturated rings. The maximum atomic E-state index is 13.4. The Morgan fingerprint density at radius 1 is 1.52 bits per heavy atom. The molecule has 0 atom stereocenters. The van der Waals surface area contributed by atoms with Crippen LogP contribution < -0.4 is 16.0 Å². The number of nitrogens with one attached hydrogen (secondary N) is 1. The molecule has 0 saturated carbocycles. The molecule has 0 bridgehead atoms. The number of hydrazine groups is 1. The van der Waals surface area contributed by atoms with E-state index in [0.29, 0.717) is 21.5 Å². The van der Waals surface area contributed by atoms with E-state index in [1.54, 1.807) is 6.92 Å². The van der Waals surface area contributed by atoms with Gasteiger partial charge >= 0.3 is 5.91 Å². The van der Waals surface area contributed by atoms with Gasteiger partial charge in [0.05, 0.1) is 9.50 Å². The van der Waals surface area contributed by atoms with Crippen LogP contribution in [-0.4, -0.2) is 5.91 Å². The van der Waals surface area contributed by atoms with E-state index in [0.717, 1.165) is 0 Å². The van der Waals surface area contributed by atoms with Gasteiger partial charge < -0.3 is 9.15 Å². The Labute approximate surface area is 133 Å². The number of nitrogen functional groups attached to an aromatic ring is 1. The van der Waals surface area contributed by atoms with E-state index in [2.05, 4.69) is 15.9 Å². The molecule has 0 radical (unpaired) electrons. The minimum absolute atomic E-state index is 0.00406. The lowest BCUT2D eigenvalue weighted by atomic mass is 10.2. The number of carbonyl (C=O) groups excluding carboxylic acids is 1. The molecule has 1 amide bonds. The molecule has 112 valence electrons. The van der Waals surface area contributed by atoms with Gasteiger partial charge in [-0.15, -0.1) is 0 Å². The molecular formula is C13H11BrClFN2O3. The number of amides is 1. The monoisotopic (exact) mass is 376 g/mol. The van der Waals surface area contributed by atoms with Crippen molar-refractivity contribution in [3.8, 4) is 5.75 Å². The zero-order chi connectivity index (χ0) is 15.6. The van der Waals surface area contributed by atoms with Gasteiger partial charge in [0, 0.05) is 11.6 Å². The van der Waals surface area contributed by atoms with Gasteiger partial charge in [0.1, 0.15) is 23.9 Å². The Bertz CT molecular complexity index is 690. The van der Waals surface area contributed by atoms with Crippen LogP contribution in [0.4, 0.5) is 4.39 Å². The molecule has 5 nitrogen and oxygen atoms in total. The second kappa shape index (κ2) is 6.46. The number of benzene rings is 1. The van der Waals surface area contributed by atoms with E-state index in [9.17, 15) is 9.18 Å². The van der Waals surface area contributed by atoms with E-state index in [1.807, 2.05) is 5.43 Å². The summed E-state index contributed by atoms with van der Waals surface area (Å²) in [6.45, 7) is 1.79. The summed E-state index contributed by atoms with van der Waals surface area (Å²) in [6, 6.07) is 4.09. The molecule has 3 N–H and O–H groups in total. The van der Waals surface area contributed by atoms with Gasteiger partial charge in [-0.25, -0.2) is 10.2 Å². The fourth-order valence-corrected chi connectivity index (χ4v) is 2.37. The maximum Gasteiger partial charge on any atom is 0.300 e. The quantitative estimate of drug-likeness (QED) is 0.371. The van der Waals surface area contributed by atoms with Crippen LogP contribution in [0.3, 0.4) is 0 Å². The fraction of sp³-hybridized carbons (Fsp3) is 0.154. The average Bonchev–Trinajstić information content (AvgIpc) is 2.82. The summed E-state index contributed by atoms with van der Waals surface area (Å²) in [5.74, 6) is 4.79. The molecule has 0 aliphatic heterocycles. The number of hydrogen-bond acceptors (Lipinski definition) is 4. The lowest BCUT2D eigenvalue weighted by Crippen LogP contribution is -2.29. The summed E-state index contributed by atoms with van der Waals surface area (Å²) in [6.07, 6.45) is 0. The van der Waals surface area contributed by atoms with Crippen molar-refractivity contribution in [2.75, 3.05) is 0 Å². The minimum Gasteiger partial charge on any atom is -0.487 e. The molecule has 21 heavy (non-hydrogen) atoms. The molecule has 2 aromatic rings. The maximum absolute atomic E-state index is 13.4. The predicted molar refractivity (Wildman–Crippen MR) is 78.5 cm³/mol. The van der Waals surface area contributed by atoms with Crippen molar-refractivity contribution in [3.63, 3.8) is 0 Å². The third kappa shape index (κ3) is 3.55. The van der Waals surface area contributed by atoms with Crippen molar-refractivity contribution in [2.45, 2.75) is 13.5 Å². The minimum atomic E-state index is -0.581. The van der Waals surface area contributed by atoms with Crippen molar-refractivity contribution in [3.05, 3.63) is 50.6 Å². The summed E-state index contributed by atoms with van der Waals surface area (Å²) < 4.78 is 24.7. The van der Waals surface area contributed by atoms with Crippen LogP contribution in [-0.2, 0) is 6.61 Å². The highest BCUT2D eigenvalue weighted by atomic mass is 79.9. The average molecular weight is 378 g/mol. The van der Waals surface area contributed by atoms with Crippen LogP contribution in [0, 0.1) is 12.7 Å². The highest BCUT2D eigenvalue weighted by Gasteiger charge is 2.15. The van der Waals surface area contributed by atoms with E-state index >= 15 is 0 Å². The molecule has 1 aromatic heterocycles. The van der Waals surface area contributed by atoms with Crippen molar-refractivity contribution in [1.29, 1.82) is 0 Å². The standard InChI is InChI=1S/C13H11BrClFN2O3/c1-6-7(2-12(21-6)13(19)18-17)5-20-11-4-10(16)9(15)3-8(11)14/h2-4H,5,17H2,1H3,(H,18,19). The molecular weight excluding hydrogens is 367 g/mol. The van der Waals surface area contributed by atoms with Gasteiger partial charge in [-0.2, -0.15) is 0 Å². The molecule has 8 heteroatoms. The summed E-state index contributed by atoms with van der Waals surface area (Å²) in [5, 5.41) is -0.00406. The zero-order valence-corrected chi connectivity index (χ0v) is 13.2. The third-order valence-electron chi connectivity index (χ3n) is 2.73. The van der Waals surface area contributed by atoms with Crippen LogP contribution in [0.1, 0.15) is 21.9 Å². The van der Waals surface area contributed by atoms with Crippen molar-refractivity contribution >= 4 is 33.4 Å². The molecule has 0 aliphatic carbocycles. The Morgan fingerprint density at radius 2 is 2.24 bits per heavy atom. The molecule has 0 unspecified atom stereocenters. The van der Waals surface area contributed by atoms with E-state index < -0.39 is 11.7 Å². The van der Waals surface area contributed by atoms with Crippen LogP contribution in [0.15, 0.2) is 27.1 Å². The number of hydrogen-bond donors (Lipinski definition) is 2. The molecule has 2 rings (SSSR count). The lowest BCUT2D eigenvalue weighted by molar-refractivity contribution is 0.0924. The topological polar surface area (TPSA) is 77.5 Å². The number of aryl methyl sites for hydroxylation is 1. The number of furan rings is 1. The SMILES string of the molecule is Cc1oc(C(=O)NN)cc1COc1cc(F)c(Cl)cc1Br. The normalized spacial score (nSPS) is 10.5. The first-order chi connectivity index (χ1) is 9.92. The van der Waals surface area contributed by atoms with Gasteiger partial charge in [0.2, 0.25) is 0 Å². The highest BCUT2D eigenvalue weighted by molar-refractivity contribution is 9.10. The number of ether oxygens (including phenoxy) is 1. The van der Waals surface area contributed by atoms with Gasteiger partial charge in [0.15, 0.2) is 5.76 Å². The third-order valence-corrected chi connectivity index (χ3v) is 3.64. The summed E-state index contributed by atoms with van der Waals surface area (Å²) >= 11 is 8.88. The Morgan fingerprint density at radius 3 is 2.90 bits per heavy atom. The van der Waals surface area contributed by atoms with Crippen LogP contribution in [0.5, 0.6) is 5.75 Å². The van der Waals surface area contributed by atoms with Crippen molar-refractivity contribution in [2.24, 2.45) is 5.84 Å². The number of halogens is 3. The number of carbonyl (C=O) groups is 1. The van der Waals surface area contributed by atoms with Gasteiger partial charge in [-0.3, -0.25) is 10.2 Å². The number of nitrogens with two attached hydrogens (primary N) is 1. The highest BCUT2D eigenvalue weighted by Crippen LogP contribution is 2.31. The first-order valence-corrected chi connectivity index (χ1v) is 6.97. The van der Waals surface area contributed by atoms with Crippen LogP contribution in [0.25, 0.3) is 0 Å². The first kappa shape index (κ1) is 15.8. The Balaban J connectivity index is 2.15. The van der Waals surface area contributed by atoms with Gasteiger partial charge in [0.25, 0.3) is 0 Å². The summed E-state index contributed by atoms with van der Waals surface area (Å²) in [7, 11) is 0. The molecule has 0 spiro atoms. The van der Waals surface area contributed by atoms with E-state index in [-0.39, 0.29) is 17.4 Å².